The molecule has 0 aromatic carbocycles. The fraction of sp³-hybridized carbons (Fsp3) is 0.600. The van der Waals surface area contributed by atoms with Crippen molar-refractivity contribution in [3.63, 3.8) is 0 Å². The Morgan fingerprint density at radius 2 is 2.50 bits per heavy atom. The first-order valence-electron chi connectivity index (χ1n) is 2.87. The summed E-state index contributed by atoms with van der Waals surface area (Å²) in [4.78, 5) is 0.441. The molecule has 1 aromatic heterocycles. The predicted octanol–water partition coefficient (Wildman–Crippen LogP) is 0.554. The van der Waals surface area contributed by atoms with Crippen LogP contribution in [0.5, 0.6) is 0 Å². The van der Waals surface area contributed by atoms with E-state index in [9.17, 15) is 5.21 Å². The summed E-state index contributed by atoms with van der Waals surface area (Å²) in [5.41, 5.74) is 1.26. The summed E-state index contributed by atoms with van der Waals surface area (Å²) >= 11 is 3.22. The summed E-state index contributed by atoms with van der Waals surface area (Å²) in [6.45, 7) is 1.75. The molecule has 1 heterocycles. The Kier molecular flexibility index (Phi) is 2.26. The van der Waals surface area contributed by atoms with Crippen molar-refractivity contribution in [3.8, 4) is 0 Å². The van der Waals surface area contributed by atoms with Crippen LogP contribution in [0.1, 0.15) is 11.4 Å². The van der Waals surface area contributed by atoms with Crippen molar-refractivity contribution in [2.24, 2.45) is 0 Å². The molecule has 5 heteroatoms. The highest BCUT2D eigenvalue weighted by molar-refractivity contribution is 9.09. The molecule has 0 fully saturated rings. The zero-order chi connectivity index (χ0) is 7.56. The number of rotatable bonds is 2. The van der Waals surface area contributed by atoms with Crippen molar-refractivity contribution in [2.75, 3.05) is 5.33 Å². The number of alkyl halides is 1. The molecule has 0 radical (unpaired) electrons. The standard InChI is InChI=1S/C5H7BrN2O2/c1-4-5(2-3-6)8(9)10-7-4/h2-3H2,1H3. The first kappa shape index (κ1) is 7.53. The number of aryl methyl sites for hydroxylation is 1. The molecule has 0 unspecified atom stereocenters. The lowest BCUT2D eigenvalue weighted by atomic mass is 10.3. The lowest BCUT2D eigenvalue weighted by Gasteiger charge is -1.90. The Labute approximate surface area is 66.5 Å². The van der Waals surface area contributed by atoms with Gasteiger partial charge < -0.3 is 5.21 Å². The van der Waals surface area contributed by atoms with Crippen LogP contribution >= 0.6 is 15.9 Å². The molecule has 0 aliphatic heterocycles. The van der Waals surface area contributed by atoms with Crippen molar-refractivity contribution in [3.05, 3.63) is 16.6 Å². The average Bonchev–Trinajstić information content (AvgIpc) is 2.20. The lowest BCUT2D eigenvalue weighted by molar-refractivity contribution is -0.807. The van der Waals surface area contributed by atoms with Gasteiger partial charge in [-0.2, -0.15) is 0 Å². The van der Waals surface area contributed by atoms with Crippen LogP contribution in [-0.2, 0) is 6.42 Å². The molecular formula is C5H7BrN2O2. The average molecular weight is 207 g/mol. The molecule has 1 aromatic rings. The van der Waals surface area contributed by atoms with E-state index in [0.717, 1.165) is 5.33 Å². The van der Waals surface area contributed by atoms with Gasteiger partial charge in [0, 0.05) is 23.8 Å². The molecule has 0 N–H and O–H groups in total. The lowest BCUT2D eigenvalue weighted by Crippen LogP contribution is -2.28. The highest BCUT2D eigenvalue weighted by atomic mass is 79.9. The second-order valence-corrected chi connectivity index (χ2v) is 2.69. The Morgan fingerprint density at radius 3 is 2.90 bits per heavy atom. The molecule has 0 amide bonds. The predicted molar refractivity (Wildman–Crippen MR) is 37.7 cm³/mol. The van der Waals surface area contributed by atoms with Crippen molar-refractivity contribution in [1.82, 2.24) is 5.16 Å². The van der Waals surface area contributed by atoms with Crippen LogP contribution in [0.2, 0.25) is 0 Å². The van der Waals surface area contributed by atoms with Crippen LogP contribution in [0, 0.1) is 12.1 Å². The third-order valence-corrected chi connectivity index (χ3v) is 1.62. The van der Waals surface area contributed by atoms with Gasteiger partial charge in [-0.15, -0.1) is 0 Å². The van der Waals surface area contributed by atoms with Gasteiger partial charge in [0.25, 0.3) is 0 Å². The number of aromatic nitrogens is 2. The maximum atomic E-state index is 10.7. The number of hydrogen-bond acceptors (Lipinski definition) is 3. The van der Waals surface area contributed by atoms with Gasteiger partial charge in [0.1, 0.15) is 0 Å². The first-order chi connectivity index (χ1) is 4.75. The van der Waals surface area contributed by atoms with Crippen LogP contribution in [0.3, 0.4) is 0 Å². The van der Waals surface area contributed by atoms with Crippen LogP contribution in [0.15, 0.2) is 4.63 Å². The Hall–Kier alpha value is -0.580. The molecule has 0 aliphatic carbocycles. The van der Waals surface area contributed by atoms with Gasteiger partial charge in [-0.3, -0.25) is 4.63 Å². The van der Waals surface area contributed by atoms with E-state index in [1.54, 1.807) is 6.92 Å². The molecule has 0 saturated heterocycles. The SMILES string of the molecule is Cc1no[n+]([O-])c1CCBr. The van der Waals surface area contributed by atoms with Gasteiger partial charge in [0.2, 0.25) is 5.69 Å². The Morgan fingerprint density at radius 1 is 1.80 bits per heavy atom. The van der Waals surface area contributed by atoms with Crippen LogP contribution in [0.25, 0.3) is 0 Å². The monoisotopic (exact) mass is 206 g/mol. The Bertz CT molecular complexity index is 204. The largest absolute Gasteiger partial charge is 0.359 e. The molecular weight excluding hydrogens is 200 g/mol. The minimum atomic E-state index is 0.441. The maximum Gasteiger partial charge on any atom is 0.218 e. The maximum absolute atomic E-state index is 10.7. The molecule has 0 saturated carbocycles. The fourth-order valence-electron chi connectivity index (χ4n) is 0.694. The van der Waals surface area contributed by atoms with Crippen LogP contribution in [-0.4, -0.2) is 10.5 Å². The second-order valence-electron chi connectivity index (χ2n) is 1.90. The van der Waals surface area contributed by atoms with E-state index in [-0.39, 0.29) is 0 Å². The molecule has 4 nitrogen and oxygen atoms in total. The number of hydrogen-bond donors (Lipinski definition) is 0. The van der Waals surface area contributed by atoms with Gasteiger partial charge in [-0.1, -0.05) is 15.9 Å². The highest BCUT2D eigenvalue weighted by Crippen LogP contribution is 2.00. The van der Waals surface area contributed by atoms with Crippen LogP contribution < -0.4 is 4.90 Å². The summed E-state index contributed by atoms with van der Waals surface area (Å²) < 4.78 is 4.34. The number of nitrogens with zero attached hydrogens (tertiary/aromatic N) is 2. The van der Waals surface area contributed by atoms with E-state index < -0.39 is 0 Å². The van der Waals surface area contributed by atoms with Crippen LogP contribution in [0.4, 0.5) is 0 Å². The third kappa shape index (κ3) is 1.29. The zero-order valence-electron chi connectivity index (χ0n) is 5.50. The smallest absolute Gasteiger partial charge is 0.218 e. The summed E-state index contributed by atoms with van der Waals surface area (Å²) in [7, 11) is 0. The van der Waals surface area contributed by atoms with Gasteiger partial charge in [-0.05, 0) is 4.90 Å². The molecule has 0 aliphatic rings. The van der Waals surface area contributed by atoms with Gasteiger partial charge in [0.15, 0.2) is 5.69 Å². The zero-order valence-corrected chi connectivity index (χ0v) is 7.09. The van der Waals surface area contributed by atoms with E-state index in [1.165, 1.54) is 0 Å². The van der Waals surface area contributed by atoms with Crippen molar-refractivity contribution in [1.29, 1.82) is 0 Å². The molecule has 0 spiro atoms. The minimum Gasteiger partial charge on any atom is -0.359 e. The quantitative estimate of drug-likeness (QED) is 0.525. The van der Waals surface area contributed by atoms with E-state index >= 15 is 0 Å². The van der Waals surface area contributed by atoms with E-state index in [2.05, 4.69) is 25.7 Å². The molecule has 56 valence electrons. The normalized spacial score (nSPS) is 10.2. The summed E-state index contributed by atoms with van der Waals surface area (Å²) in [5.74, 6) is 0. The summed E-state index contributed by atoms with van der Waals surface area (Å²) in [6.07, 6.45) is 0.652. The van der Waals surface area contributed by atoms with Gasteiger partial charge in [-0.25, -0.2) is 0 Å². The highest BCUT2D eigenvalue weighted by Gasteiger charge is 2.12. The van der Waals surface area contributed by atoms with Crippen molar-refractivity contribution >= 4 is 15.9 Å². The topological polar surface area (TPSA) is 53.0 Å². The van der Waals surface area contributed by atoms with E-state index in [1.807, 2.05) is 0 Å². The third-order valence-electron chi connectivity index (χ3n) is 1.22. The fourth-order valence-corrected chi connectivity index (χ4v) is 1.07. The molecule has 0 atom stereocenters. The van der Waals surface area contributed by atoms with E-state index in [4.69, 9.17) is 0 Å². The first-order valence-corrected chi connectivity index (χ1v) is 3.99. The summed E-state index contributed by atoms with van der Waals surface area (Å²) in [5, 5.41) is 14.9. The molecule has 0 bridgehead atoms. The Balaban J connectivity index is 2.87. The molecule has 10 heavy (non-hydrogen) atoms. The van der Waals surface area contributed by atoms with Gasteiger partial charge >= 0.3 is 0 Å². The minimum absolute atomic E-state index is 0.441. The summed E-state index contributed by atoms with van der Waals surface area (Å²) in [6, 6.07) is 0. The number of halogens is 1. The molecule has 1 rings (SSSR count). The van der Waals surface area contributed by atoms with Crippen molar-refractivity contribution in [2.45, 2.75) is 13.3 Å². The second kappa shape index (κ2) is 3.01. The van der Waals surface area contributed by atoms with Gasteiger partial charge in [0.05, 0.1) is 0 Å². The van der Waals surface area contributed by atoms with E-state index in [0.29, 0.717) is 22.7 Å². The van der Waals surface area contributed by atoms with Crippen molar-refractivity contribution < 1.29 is 9.53 Å².